The molecular formula is C17H16ClFN2O2. The zero-order valence-electron chi connectivity index (χ0n) is 12.5. The van der Waals surface area contributed by atoms with Gasteiger partial charge in [-0.2, -0.15) is 0 Å². The maximum absolute atomic E-state index is 12.9. The number of pyridine rings is 1. The van der Waals surface area contributed by atoms with Crippen molar-refractivity contribution in [3.05, 3.63) is 70.8 Å². The summed E-state index contributed by atoms with van der Waals surface area (Å²) in [5, 5.41) is 13.3. The van der Waals surface area contributed by atoms with E-state index in [2.05, 4.69) is 10.3 Å². The van der Waals surface area contributed by atoms with Gasteiger partial charge in [-0.3, -0.25) is 4.79 Å². The lowest BCUT2D eigenvalue weighted by Gasteiger charge is -2.23. The molecule has 1 aromatic carbocycles. The SMILES string of the molecule is CC(O)(CNC(=O)/C=C/c1ccc(Cl)nc1)c1ccc(F)cc1. The van der Waals surface area contributed by atoms with Gasteiger partial charge in [0.25, 0.3) is 0 Å². The molecule has 0 aliphatic heterocycles. The standard InChI is InChI=1S/C17H16ClFN2O2/c1-17(23,13-4-6-14(19)7-5-13)11-21-16(22)9-3-12-2-8-15(18)20-10-12/h2-10,23H,11H2,1H3,(H,21,22)/b9-3+. The van der Waals surface area contributed by atoms with Crippen molar-refractivity contribution in [2.75, 3.05) is 6.54 Å². The highest BCUT2D eigenvalue weighted by atomic mass is 35.5. The normalized spacial score (nSPS) is 13.7. The van der Waals surface area contributed by atoms with Gasteiger partial charge in [-0.05, 0) is 42.3 Å². The van der Waals surface area contributed by atoms with E-state index in [1.165, 1.54) is 30.3 Å². The third-order valence-corrected chi connectivity index (χ3v) is 3.47. The molecule has 1 unspecified atom stereocenters. The van der Waals surface area contributed by atoms with Crippen LogP contribution in [0, 0.1) is 5.82 Å². The number of carbonyl (C=O) groups excluding carboxylic acids is 1. The largest absolute Gasteiger partial charge is 0.384 e. The molecule has 0 bridgehead atoms. The Morgan fingerprint density at radius 2 is 2.04 bits per heavy atom. The molecule has 0 aliphatic carbocycles. The van der Waals surface area contributed by atoms with E-state index in [9.17, 15) is 14.3 Å². The van der Waals surface area contributed by atoms with Gasteiger partial charge >= 0.3 is 0 Å². The number of aromatic nitrogens is 1. The average molecular weight is 335 g/mol. The summed E-state index contributed by atoms with van der Waals surface area (Å²) < 4.78 is 12.9. The molecule has 0 fully saturated rings. The van der Waals surface area contributed by atoms with E-state index in [1.807, 2.05) is 0 Å². The molecule has 0 saturated heterocycles. The maximum atomic E-state index is 12.9. The van der Waals surface area contributed by atoms with Crippen LogP contribution in [0.3, 0.4) is 0 Å². The molecule has 23 heavy (non-hydrogen) atoms. The zero-order valence-corrected chi connectivity index (χ0v) is 13.2. The summed E-state index contributed by atoms with van der Waals surface area (Å²) >= 11 is 5.68. The molecule has 0 radical (unpaired) electrons. The highest BCUT2D eigenvalue weighted by Gasteiger charge is 2.23. The van der Waals surface area contributed by atoms with Crippen molar-refractivity contribution in [2.45, 2.75) is 12.5 Å². The van der Waals surface area contributed by atoms with Crippen LogP contribution in [-0.2, 0) is 10.4 Å². The fraction of sp³-hybridized carbons (Fsp3) is 0.176. The van der Waals surface area contributed by atoms with Gasteiger partial charge < -0.3 is 10.4 Å². The van der Waals surface area contributed by atoms with Crippen LogP contribution in [0.15, 0.2) is 48.7 Å². The topological polar surface area (TPSA) is 62.2 Å². The van der Waals surface area contributed by atoms with Gasteiger partial charge in [-0.15, -0.1) is 0 Å². The monoisotopic (exact) mass is 334 g/mol. The Bertz CT molecular complexity index is 698. The van der Waals surface area contributed by atoms with Crippen LogP contribution >= 0.6 is 11.6 Å². The molecule has 1 atom stereocenters. The molecule has 0 spiro atoms. The van der Waals surface area contributed by atoms with Crippen molar-refractivity contribution in [1.82, 2.24) is 10.3 Å². The molecule has 2 rings (SSSR count). The molecule has 1 amide bonds. The first-order valence-electron chi connectivity index (χ1n) is 6.93. The second-order valence-corrected chi connectivity index (χ2v) is 5.63. The summed E-state index contributed by atoms with van der Waals surface area (Å²) in [6.45, 7) is 1.55. The predicted molar refractivity (Wildman–Crippen MR) is 87.3 cm³/mol. The first-order valence-corrected chi connectivity index (χ1v) is 7.30. The van der Waals surface area contributed by atoms with Gasteiger partial charge in [0.15, 0.2) is 0 Å². The molecule has 6 heteroatoms. The molecule has 2 N–H and O–H groups in total. The molecule has 1 aromatic heterocycles. The second kappa shape index (κ2) is 7.35. The maximum Gasteiger partial charge on any atom is 0.244 e. The van der Waals surface area contributed by atoms with E-state index in [1.54, 1.807) is 31.3 Å². The van der Waals surface area contributed by atoms with Gasteiger partial charge in [0.1, 0.15) is 16.6 Å². The fourth-order valence-corrected chi connectivity index (χ4v) is 2.00. The summed E-state index contributed by atoms with van der Waals surface area (Å²) in [6.07, 6.45) is 4.47. The summed E-state index contributed by atoms with van der Waals surface area (Å²) in [4.78, 5) is 15.7. The van der Waals surface area contributed by atoms with Crippen molar-refractivity contribution in [2.24, 2.45) is 0 Å². The fourth-order valence-electron chi connectivity index (χ4n) is 1.89. The van der Waals surface area contributed by atoms with Crippen molar-refractivity contribution in [3.63, 3.8) is 0 Å². The van der Waals surface area contributed by atoms with E-state index in [0.29, 0.717) is 10.7 Å². The van der Waals surface area contributed by atoms with E-state index < -0.39 is 5.60 Å². The Kier molecular flexibility index (Phi) is 5.47. The summed E-state index contributed by atoms with van der Waals surface area (Å²) in [5.74, 6) is -0.740. The van der Waals surface area contributed by atoms with E-state index >= 15 is 0 Å². The van der Waals surface area contributed by atoms with Gasteiger partial charge in [0, 0.05) is 12.3 Å². The quantitative estimate of drug-likeness (QED) is 0.653. The first-order chi connectivity index (χ1) is 10.9. The Morgan fingerprint density at radius 3 is 2.65 bits per heavy atom. The van der Waals surface area contributed by atoms with Crippen molar-refractivity contribution >= 4 is 23.6 Å². The summed E-state index contributed by atoms with van der Waals surface area (Å²) in [5.41, 5.74) is -0.0427. The van der Waals surface area contributed by atoms with Gasteiger partial charge in [-0.1, -0.05) is 29.8 Å². The number of nitrogens with zero attached hydrogens (tertiary/aromatic N) is 1. The second-order valence-electron chi connectivity index (χ2n) is 5.25. The van der Waals surface area contributed by atoms with Crippen molar-refractivity contribution in [1.29, 1.82) is 0 Å². The number of halogens is 2. The Labute approximate surface area is 138 Å². The Balaban J connectivity index is 1.92. The van der Waals surface area contributed by atoms with Crippen LogP contribution in [0.25, 0.3) is 6.08 Å². The van der Waals surface area contributed by atoms with Crippen LogP contribution in [0.2, 0.25) is 5.15 Å². The van der Waals surface area contributed by atoms with Gasteiger partial charge in [0.05, 0.1) is 6.54 Å². The van der Waals surface area contributed by atoms with Crippen LogP contribution in [0.5, 0.6) is 0 Å². The highest BCUT2D eigenvalue weighted by molar-refractivity contribution is 6.29. The number of carbonyl (C=O) groups is 1. The van der Waals surface area contributed by atoms with Crippen LogP contribution < -0.4 is 5.32 Å². The smallest absolute Gasteiger partial charge is 0.244 e. The van der Waals surface area contributed by atoms with Gasteiger partial charge in [-0.25, -0.2) is 9.37 Å². The first kappa shape index (κ1) is 17.1. The van der Waals surface area contributed by atoms with Crippen LogP contribution in [0.4, 0.5) is 4.39 Å². The number of benzene rings is 1. The predicted octanol–water partition coefficient (Wildman–Crippen LogP) is 2.91. The number of rotatable bonds is 5. The minimum absolute atomic E-state index is 0.000668. The molecule has 4 nitrogen and oxygen atoms in total. The minimum Gasteiger partial charge on any atom is -0.384 e. The molecular weight excluding hydrogens is 319 g/mol. The van der Waals surface area contributed by atoms with E-state index in [-0.39, 0.29) is 18.3 Å². The average Bonchev–Trinajstić information content (AvgIpc) is 2.53. The lowest BCUT2D eigenvalue weighted by atomic mass is 9.96. The van der Waals surface area contributed by atoms with Crippen molar-refractivity contribution < 1.29 is 14.3 Å². The third-order valence-electron chi connectivity index (χ3n) is 3.25. The number of hydrogen-bond acceptors (Lipinski definition) is 3. The lowest BCUT2D eigenvalue weighted by Crippen LogP contribution is -2.37. The molecule has 120 valence electrons. The lowest BCUT2D eigenvalue weighted by molar-refractivity contribution is -0.117. The number of aliphatic hydroxyl groups is 1. The van der Waals surface area contributed by atoms with Gasteiger partial charge in [0.2, 0.25) is 5.91 Å². The van der Waals surface area contributed by atoms with Crippen molar-refractivity contribution in [3.8, 4) is 0 Å². The number of nitrogens with one attached hydrogen (secondary N) is 1. The van der Waals surface area contributed by atoms with Crippen LogP contribution in [-0.4, -0.2) is 22.5 Å². The molecule has 1 heterocycles. The number of amides is 1. The summed E-state index contributed by atoms with van der Waals surface area (Å²) in [7, 11) is 0. The summed E-state index contributed by atoms with van der Waals surface area (Å²) in [6, 6.07) is 8.85. The van der Waals surface area contributed by atoms with E-state index in [0.717, 1.165) is 5.56 Å². The minimum atomic E-state index is -1.29. The van der Waals surface area contributed by atoms with E-state index in [4.69, 9.17) is 11.6 Å². The third kappa shape index (κ3) is 5.16. The molecule has 0 aliphatic rings. The number of hydrogen-bond donors (Lipinski definition) is 2. The molecule has 2 aromatic rings. The molecule has 0 saturated carbocycles. The van der Waals surface area contributed by atoms with Crippen LogP contribution in [0.1, 0.15) is 18.1 Å². The highest BCUT2D eigenvalue weighted by Crippen LogP contribution is 2.19. The zero-order chi connectivity index (χ0) is 16.9. The Morgan fingerprint density at radius 1 is 1.35 bits per heavy atom. The Hall–Kier alpha value is -2.24.